The maximum Gasteiger partial charge on any atom is 0.144 e. The van der Waals surface area contributed by atoms with E-state index in [4.69, 9.17) is 0 Å². The Kier molecular flexibility index (Phi) is 3.28. The van der Waals surface area contributed by atoms with Crippen molar-refractivity contribution < 1.29 is 0 Å². The molecule has 1 rings (SSSR count). The van der Waals surface area contributed by atoms with Crippen molar-refractivity contribution in [2.75, 3.05) is 11.9 Å². The van der Waals surface area contributed by atoms with Gasteiger partial charge in [-0.3, -0.25) is 0 Å². The molecule has 1 N–H and O–H groups in total. The zero-order valence-corrected chi connectivity index (χ0v) is 8.78. The van der Waals surface area contributed by atoms with Gasteiger partial charge in [-0.1, -0.05) is 26.0 Å². The lowest BCUT2D eigenvalue weighted by molar-refractivity contribution is 0.438. The molecule has 1 heterocycles. The van der Waals surface area contributed by atoms with Gasteiger partial charge >= 0.3 is 0 Å². The highest BCUT2D eigenvalue weighted by Gasteiger charge is 2.07. The summed E-state index contributed by atoms with van der Waals surface area (Å²) in [5, 5.41) is 11.0. The van der Waals surface area contributed by atoms with Gasteiger partial charge in [-0.2, -0.15) is 0 Å². The third-order valence-corrected chi connectivity index (χ3v) is 2.46. The van der Waals surface area contributed by atoms with Gasteiger partial charge in [-0.05, 0) is 11.8 Å². The van der Waals surface area contributed by atoms with E-state index in [0.717, 1.165) is 12.4 Å². The van der Waals surface area contributed by atoms with Crippen LogP contribution in [-0.2, 0) is 7.05 Å². The second-order valence-corrected chi connectivity index (χ2v) is 3.85. The van der Waals surface area contributed by atoms with Gasteiger partial charge in [0.05, 0.1) is 6.20 Å². The van der Waals surface area contributed by atoms with E-state index in [9.17, 15) is 0 Å². The van der Waals surface area contributed by atoms with Crippen molar-refractivity contribution in [3.63, 3.8) is 0 Å². The van der Waals surface area contributed by atoms with Gasteiger partial charge in [0.1, 0.15) is 5.82 Å². The monoisotopic (exact) mass is 182 g/mol. The molecule has 0 fully saturated rings. The molecule has 1 aromatic heterocycles. The minimum Gasteiger partial charge on any atom is -0.369 e. The number of aryl methyl sites for hydroxylation is 1. The fraction of sp³-hybridized carbons (Fsp3) is 0.778. The summed E-state index contributed by atoms with van der Waals surface area (Å²) in [5.41, 5.74) is 0. The number of nitrogens with one attached hydrogen (secondary N) is 1. The maximum absolute atomic E-state index is 3.84. The van der Waals surface area contributed by atoms with Crippen molar-refractivity contribution in [3.05, 3.63) is 6.20 Å². The largest absolute Gasteiger partial charge is 0.369 e. The van der Waals surface area contributed by atoms with Gasteiger partial charge in [0.2, 0.25) is 0 Å². The molecule has 0 saturated carbocycles. The SMILES string of the molecule is CC(C)C(C)CNc1cnnn1C. The number of hydrogen-bond acceptors (Lipinski definition) is 3. The van der Waals surface area contributed by atoms with Gasteiger partial charge < -0.3 is 5.32 Å². The predicted octanol–water partition coefficient (Wildman–Crippen LogP) is 1.52. The summed E-state index contributed by atoms with van der Waals surface area (Å²) in [4.78, 5) is 0. The highest BCUT2D eigenvalue weighted by Crippen LogP contribution is 2.10. The lowest BCUT2D eigenvalue weighted by atomic mass is 9.98. The minimum atomic E-state index is 0.662. The first-order valence-electron chi connectivity index (χ1n) is 4.69. The second-order valence-electron chi connectivity index (χ2n) is 3.85. The summed E-state index contributed by atoms with van der Waals surface area (Å²) in [6, 6.07) is 0. The Morgan fingerprint density at radius 1 is 1.46 bits per heavy atom. The molecule has 1 aromatic rings. The van der Waals surface area contributed by atoms with Crippen LogP contribution in [-0.4, -0.2) is 21.5 Å². The molecule has 0 amide bonds. The van der Waals surface area contributed by atoms with E-state index < -0.39 is 0 Å². The summed E-state index contributed by atoms with van der Waals surface area (Å²) in [6.45, 7) is 7.67. The summed E-state index contributed by atoms with van der Waals surface area (Å²) < 4.78 is 1.74. The average molecular weight is 182 g/mol. The molecule has 0 bridgehead atoms. The van der Waals surface area contributed by atoms with E-state index in [1.165, 1.54) is 0 Å². The Balaban J connectivity index is 2.39. The molecule has 0 aromatic carbocycles. The number of anilines is 1. The molecule has 4 nitrogen and oxygen atoms in total. The Labute approximate surface area is 79.3 Å². The molecule has 0 aliphatic carbocycles. The van der Waals surface area contributed by atoms with Crippen LogP contribution < -0.4 is 5.32 Å². The molecule has 0 spiro atoms. The van der Waals surface area contributed by atoms with Crippen LogP contribution >= 0.6 is 0 Å². The lowest BCUT2D eigenvalue weighted by Crippen LogP contribution is -2.17. The molecule has 74 valence electrons. The molecular weight excluding hydrogens is 164 g/mol. The molecule has 13 heavy (non-hydrogen) atoms. The van der Waals surface area contributed by atoms with Crippen molar-refractivity contribution in [2.24, 2.45) is 18.9 Å². The van der Waals surface area contributed by atoms with Crippen LogP contribution in [0.15, 0.2) is 6.20 Å². The standard InChI is InChI=1S/C9H18N4/c1-7(2)8(3)5-10-9-6-11-12-13(9)4/h6-8,10H,5H2,1-4H3. The summed E-state index contributed by atoms with van der Waals surface area (Å²) >= 11 is 0. The Morgan fingerprint density at radius 2 is 2.15 bits per heavy atom. The van der Waals surface area contributed by atoms with Crippen LogP contribution in [0.4, 0.5) is 5.82 Å². The van der Waals surface area contributed by atoms with Crippen molar-refractivity contribution in [1.82, 2.24) is 15.0 Å². The van der Waals surface area contributed by atoms with Gasteiger partial charge in [0.25, 0.3) is 0 Å². The van der Waals surface area contributed by atoms with Gasteiger partial charge in [-0.15, -0.1) is 5.10 Å². The molecule has 0 aliphatic heterocycles. The Bertz CT molecular complexity index is 254. The van der Waals surface area contributed by atoms with Gasteiger partial charge in [0, 0.05) is 13.6 Å². The predicted molar refractivity (Wildman–Crippen MR) is 53.5 cm³/mol. The van der Waals surface area contributed by atoms with Crippen LogP contribution in [0.1, 0.15) is 20.8 Å². The molecule has 4 heteroatoms. The topological polar surface area (TPSA) is 42.7 Å². The molecule has 1 unspecified atom stereocenters. The van der Waals surface area contributed by atoms with E-state index >= 15 is 0 Å². The first-order chi connectivity index (χ1) is 6.11. The number of aromatic nitrogens is 3. The van der Waals surface area contributed by atoms with Crippen molar-refractivity contribution in [2.45, 2.75) is 20.8 Å². The smallest absolute Gasteiger partial charge is 0.144 e. The summed E-state index contributed by atoms with van der Waals surface area (Å²) in [6.07, 6.45) is 1.74. The van der Waals surface area contributed by atoms with Crippen molar-refractivity contribution in [1.29, 1.82) is 0 Å². The molecular formula is C9H18N4. The summed E-state index contributed by atoms with van der Waals surface area (Å²) in [5.74, 6) is 2.34. The zero-order chi connectivity index (χ0) is 9.84. The first kappa shape index (κ1) is 10.0. The van der Waals surface area contributed by atoms with E-state index in [0.29, 0.717) is 11.8 Å². The van der Waals surface area contributed by atoms with Crippen LogP contribution in [0.2, 0.25) is 0 Å². The van der Waals surface area contributed by atoms with Crippen molar-refractivity contribution >= 4 is 5.82 Å². The highest BCUT2D eigenvalue weighted by molar-refractivity contribution is 5.30. The Hall–Kier alpha value is -1.06. The fourth-order valence-corrected chi connectivity index (χ4v) is 0.951. The highest BCUT2D eigenvalue weighted by atomic mass is 15.4. The van der Waals surface area contributed by atoms with Crippen molar-refractivity contribution in [3.8, 4) is 0 Å². The number of nitrogens with zero attached hydrogens (tertiary/aromatic N) is 3. The van der Waals surface area contributed by atoms with E-state index in [1.807, 2.05) is 7.05 Å². The van der Waals surface area contributed by atoms with E-state index in [-0.39, 0.29) is 0 Å². The average Bonchev–Trinajstić information content (AvgIpc) is 2.47. The normalized spacial score (nSPS) is 13.3. The summed E-state index contributed by atoms with van der Waals surface area (Å²) in [7, 11) is 1.88. The quantitative estimate of drug-likeness (QED) is 0.767. The molecule has 1 atom stereocenters. The van der Waals surface area contributed by atoms with Crippen LogP contribution in [0.5, 0.6) is 0 Å². The third kappa shape index (κ3) is 2.72. The molecule has 0 saturated heterocycles. The second kappa shape index (κ2) is 4.25. The zero-order valence-electron chi connectivity index (χ0n) is 8.78. The van der Waals surface area contributed by atoms with Crippen LogP contribution in [0, 0.1) is 11.8 Å². The van der Waals surface area contributed by atoms with E-state index in [2.05, 4.69) is 36.4 Å². The maximum atomic E-state index is 3.84. The Morgan fingerprint density at radius 3 is 2.62 bits per heavy atom. The minimum absolute atomic E-state index is 0.662. The lowest BCUT2D eigenvalue weighted by Gasteiger charge is -2.16. The first-order valence-corrected chi connectivity index (χ1v) is 4.69. The van der Waals surface area contributed by atoms with Crippen LogP contribution in [0.3, 0.4) is 0 Å². The molecule has 0 radical (unpaired) electrons. The number of rotatable bonds is 4. The van der Waals surface area contributed by atoms with Gasteiger partial charge in [0.15, 0.2) is 0 Å². The van der Waals surface area contributed by atoms with Crippen LogP contribution in [0.25, 0.3) is 0 Å². The van der Waals surface area contributed by atoms with E-state index in [1.54, 1.807) is 10.9 Å². The number of hydrogen-bond donors (Lipinski definition) is 1. The molecule has 0 aliphatic rings. The van der Waals surface area contributed by atoms with Gasteiger partial charge in [-0.25, -0.2) is 4.68 Å². The fourth-order valence-electron chi connectivity index (χ4n) is 0.951. The third-order valence-electron chi connectivity index (χ3n) is 2.46.